The number of fused-ring (bicyclic) bond motifs is 1. The van der Waals surface area contributed by atoms with E-state index >= 15 is 0 Å². The fourth-order valence-corrected chi connectivity index (χ4v) is 2.80. The lowest BCUT2D eigenvalue weighted by Crippen LogP contribution is -2.34. The summed E-state index contributed by atoms with van der Waals surface area (Å²) in [6.45, 7) is 5.08. The largest absolute Gasteiger partial charge is 0.399 e. The molecule has 2 rings (SSSR count). The molecule has 1 atom stereocenters. The molecule has 1 unspecified atom stereocenters. The van der Waals surface area contributed by atoms with E-state index in [9.17, 15) is 4.79 Å². The summed E-state index contributed by atoms with van der Waals surface area (Å²) in [4.78, 5) is 14.6. The van der Waals surface area contributed by atoms with Crippen LogP contribution in [0.25, 0.3) is 0 Å². The van der Waals surface area contributed by atoms with Crippen LogP contribution in [0.2, 0.25) is 0 Å². The molecule has 3 nitrogen and oxygen atoms in total. The first-order chi connectivity index (χ1) is 9.17. The first-order valence-corrected chi connectivity index (χ1v) is 7.37. The van der Waals surface area contributed by atoms with Gasteiger partial charge >= 0.3 is 0 Å². The number of carbonyl (C=O) groups is 1. The van der Waals surface area contributed by atoms with Gasteiger partial charge in [-0.3, -0.25) is 4.79 Å². The predicted molar refractivity (Wildman–Crippen MR) is 80.2 cm³/mol. The van der Waals surface area contributed by atoms with Crippen molar-refractivity contribution in [2.45, 2.75) is 46.0 Å². The number of benzene rings is 1. The second-order valence-corrected chi connectivity index (χ2v) is 5.38. The SMILES string of the molecule is CCCCC(CC)C(=O)N1CCc2ccc(N)cc21. The highest BCUT2D eigenvalue weighted by atomic mass is 16.2. The van der Waals surface area contributed by atoms with Gasteiger partial charge in [-0.15, -0.1) is 0 Å². The third-order valence-corrected chi connectivity index (χ3v) is 4.02. The van der Waals surface area contributed by atoms with Gasteiger partial charge < -0.3 is 10.6 Å². The number of nitrogens with zero attached hydrogens (tertiary/aromatic N) is 1. The Bertz CT molecular complexity index is 456. The molecule has 104 valence electrons. The zero-order chi connectivity index (χ0) is 13.8. The van der Waals surface area contributed by atoms with Gasteiger partial charge in [-0.1, -0.05) is 32.8 Å². The molecule has 1 amide bonds. The van der Waals surface area contributed by atoms with Crippen molar-refractivity contribution < 1.29 is 4.79 Å². The van der Waals surface area contributed by atoms with E-state index in [0.29, 0.717) is 0 Å². The molecule has 0 saturated carbocycles. The molecule has 3 heteroatoms. The van der Waals surface area contributed by atoms with E-state index in [1.54, 1.807) is 0 Å². The monoisotopic (exact) mass is 260 g/mol. The second kappa shape index (κ2) is 6.09. The van der Waals surface area contributed by atoms with Crippen LogP contribution >= 0.6 is 0 Å². The third-order valence-electron chi connectivity index (χ3n) is 4.02. The van der Waals surface area contributed by atoms with Gasteiger partial charge in [0.2, 0.25) is 5.91 Å². The van der Waals surface area contributed by atoms with E-state index in [2.05, 4.69) is 13.8 Å². The van der Waals surface area contributed by atoms with Gasteiger partial charge in [-0.05, 0) is 37.0 Å². The van der Waals surface area contributed by atoms with Crippen LogP contribution in [-0.4, -0.2) is 12.5 Å². The van der Waals surface area contributed by atoms with Gasteiger partial charge in [-0.25, -0.2) is 0 Å². The van der Waals surface area contributed by atoms with Gasteiger partial charge in [0, 0.05) is 23.8 Å². The fraction of sp³-hybridized carbons (Fsp3) is 0.562. The number of hydrogen-bond donors (Lipinski definition) is 1. The molecule has 0 fully saturated rings. The molecule has 1 aliphatic heterocycles. The highest BCUT2D eigenvalue weighted by Gasteiger charge is 2.28. The van der Waals surface area contributed by atoms with Crippen molar-refractivity contribution >= 4 is 17.3 Å². The van der Waals surface area contributed by atoms with Crippen molar-refractivity contribution in [1.29, 1.82) is 0 Å². The molecule has 1 heterocycles. The van der Waals surface area contributed by atoms with E-state index in [4.69, 9.17) is 5.73 Å². The van der Waals surface area contributed by atoms with Gasteiger partial charge in [0.25, 0.3) is 0 Å². The minimum Gasteiger partial charge on any atom is -0.399 e. The zero-order valence-electron chi connectivity index (χ0n) is 12.0. The predicted octanol–water partition coefficient (Wildman–Crippen LogP) is 3.37. The van der Waals surface area contributed by atoms with Crippen LogP contribution in [0, 0.1) is 5.92 Å². The standard InChI is InChI=1S/C16H24N2O/c1-3-5-6-12(4-2)16(19)18-10-9-13-7-8-14(17)11-15(13)18/h7-8,11-12H,3-6,9-10,17H2,1-2H3. The van der Waals surface area contributed by atoms with Crippen molar-refractivity contribution in [3.63, 3.8) is 0 Å². The maximum atomic E-state index is 12.6. The lowest BCUT2D eigenvalue weighted by atomic mass is 9.97. The maximum Gasteiger partial charge on any atom is 0.230 e. The number of rotatable bonds is 5. The van der Waals surface area contributed by atoms with E-state index in [-0.39, 0.29) is 11.8 Å². The fourth-order valence-electron chi connectivity index (χ4n) is 2.80. The molecule has 19 heavy (non-hydrogen) atoms. The van der Waals surface area contributed by atoms with Crippen LogP contribution in [0.3, 0.4) is 0 Å². The molecule has 0 saturated heterocycles. The lowest BCUT2D eigenvalue weighted by molar-refractivity contribution is -0.122. The molecule has 2 N–H and O–H groups in total. The minimum absolute atomic E-state index is 0.160. The summed E-state index contributed by atoms with van der Waals surface area (Å²) in [5, 5.41) is 0. The zero-order valence-corrected chi connectivity index (χ0v) is 12.0. The molecular formula is C16H24N2O. The Kier molecular flexibility index (Phi) is 4.46. The second-order valence-electron chi connectivity index (χ2n) is 5.38. The summed E-state index contributed by atoms with van der Waals surface area (Å²) in [6.07, 6.45) is 5.15. The Morgan fingerprint density at radius 3 is 2.89 bits per heavy atom. The Morgan fingerprint density at radius 2 is 2.21 bits per heavy atom. The van der Waals surface area contributed by atoms with Crippen LogP contribution in [-0.2, 0) is 11.2 Å². The molecule has 1 aromatic carbocycles. The number of hydrogen-bond acceptors (Lipinski definition) is 2. The Hall–Kier alpha value is -1.51. The van der Waals surface area contributed by atoms with Crippen molar-refractivity contribution in [2.24, 2.45) is 5.92 Å². The molecule has 1 aliphatic rings. The number of amides is 1. The van der Waals surface area contributed by atoms with E-state index in [1.165, 1.54) is 5.56 Å². The van der Waals surface area contributed by atoms with Gasteiger partial charge in [-0.2, -0.15) is 0 Å². The first-order valence-electron chi connectivity index (χ1n) is 7.37. The Morgan fingerprint density at radius 1 is 1.42 bits per heavy atom. The first kappa shape index (κ1) is 13.9. The number of nitrogens with two attached hydrogens (primary N) is 1. The number of anilines is 2. The van der Waals surface area contributed by atoms with Gasteiger partial charge in [0.05, 0.1) is 0 Å². The summed E-state index contributed by atoms with van der Waals surface area (Å²) in [7, 11) is 0. The Balaban J connectivity index is 2.15. The lowest BCUT2D eigenvalue weighted by Gasteiger charge is -2.23. The van der Waals surface area contributed by atoms with Crippen LogP contribution in [0.1, 0.15) is 45.1 Å². The van der Waals surface area contributed by atoms with Crippen LogP contribution in [0.15, 0.2) is 18.2 Å². The van der Waals surface area contributed by atoms with Gasteiger partial charge in [0.1, 0.15) is 0 Å². The summed E-state index contributed by atoms with van der Waals surface area (Å²) >= 11 is 0. The third kappa shape index (κ3) is 2.91. The highest BCUT2D eigenvalue weighted by molar-refractivity contribution is 5.97. The van der Waals surface area contributed by atoms with Crippen molar-refractivity contribution in [1.82, 2.24) is 0 Å². The molecule has 0 spiro atoms. The number of nitrogen functional groups attached to an aromatic ring is 1. The molecule has 0 bridgehead atoms. The van der Waals surface area contributed by atoms with E-state index < -0.39 is 0 Å². The van der Waals surface area contributed by atoms with E-state index in [1.807, 2.05) is 23.1 Å². The summed E-state index contributed by atoms with van der Waals surface area (Å²) in [5.41, 5.74) is 8.85. The average molecular weight is 260 g/mol. The molecule has 0 radical (unpaired) electrons. The smallest absolute Gasteiger partial charge is 0.230 e. The van der Waals surface area contributed by atoms with Gasteiger partial charge in [0.15, 0.2) is 0 Å². The molecule has 0 aliphatic carbocycles. The molecule has 0 aromatic heterocycles. The van der Waals surface area contributed by atoms with Crippen molar-refractivity contribution in [2.75, 3.05) is 17.2 Å². The van der Waals surface area contributed by atoms with Crippen LogP contribution < -0.4 is 10.6 Å². The highest BCUT2D eigenvalue weighted by Crippen LogP contribution is 2.32. The van der Waals surface area contributed by atoms with Crippen molar-refractivity contribution in [3.05, 3.63) is 23.8 Å². The quantitative estimate of drug-likeness (QED) is 0.825. The van der Waals surface area contributed by atoms with Crippen LogP contribution in [0.5, 0.6) is 0 Å². The summed E-state index contributed by atoms with van der Waals surface area (Å²) < 4.78 is 0. The van der Waals surface area contributed by atoms with E-state index in [0.717, 1.165) is 50.0 Å². The minimum atomic E-state index is 0.160. The average Bonchev–Trinajstić information content (AvgIpc) is 2.82. The molecule has 1 aromatic rings. The number of unbranched alkanes of at least 4 members (excludes halogenated alkanes) is 1. The summed E-state index contributed by atoms with van der Waals surface area (Å²) in [5.74, 6) is 0.438. The maximum absolute atomic E-state index is 12.6. The molecular weight excluding hydrogens is 236 g/mol. The summed E-state index contributed by atoms with van der Waals surface area (Å²) in [6, 6.07) is 5.90. The van der Waals surface area contributed by atoms with Crippen molar-refractivity contribution in [3.8, 4) is 0 Å². The Labute approximate surface area is 115 Å². The topological polar surface area (TPSA) is 46.3 Å². The normalized spacial score (nSPS) is 15.4. The van der Waals surface area contributed by atoms with Crippen LogP contribution in [0.4, 0.5) is 11.4 Å². The number of carbonyl (C=O) groups excluding carboxylic acids is 1.